The predicted molar refractivity (Wildman–Crippen MR) is 170 cm³/mol. The molecular weight excluding hydrogens is 652 g/mol. The highest BCUT2D eigenvalue weighted by molar-refractivity contribution is 5.95. The highest BCUT2D eigenvalue weighted by atomic mass is 16.6. The van der Waals surface area contributed by atoms with E-state index in [0.29, 0.717) is 0 Å². The molecule has 0 aromatic rings. The molecule has 0 aromatic carbocycles. The number of hydrogen-bond acceptors (Lipinski definition) is 13. The molecule has 2 saturated heterocycles. The fourth-order valence-electron chi connectivity index (χ4n) is 12.1. The van der Waals surface area contributed by atoms with Crippen molar-refractivity contribution in [1.82, 2.24) is 0 Å². The van der Waals surface area contributed by atoms with Crippen LogP contribution in [0.2, 0.25) is 0 Å². The number of allylic oxidation sites excluding steroid dienone is 1. The van der Waals surface area contributed by atoms with Gasteiger partial charge in [0.05, 0.1) is 17.6 Å². The Kier molecular flexibility index (Phi) is 7.70. The highest BCUT2D eigenvalue weighted by Gasteiger charge is 2.84. The first-order chi connectivity index (χ1) is 23.1. The van der Waals surface area contributed by atoms with Crippen LogP contribution in [0.1, 0.15) is 81.6 Å². The van der Waals surface area contributed by atoms with E-state index in [-0.39, 0.29) is 36.9 Å². The van der Waals surface area contributed by atoms with E-state index >= 15 is 0 Å². The third-order valence-corrected chi connectivity index (χ3v) is 14.5. The second-order valence-electron chi connectivity index (χ2n) is 17.4. The van der Waals surface area contributed by atoms with E-state index in [1.165, 1.54) is 20.8 Å². The lowest BCUT2D eigenvalue weighted by Gasteiger charge is -2.65. The first-order valence-corrected chi connectivity index (χ1v) is 17.9. The molecule has 13 nitrogen and oxygen atoms in total. The summed E-state index contributed by atoms with van der Waals surface area (Å²) in [6.07, 6.45) is -4.25. The van der Waals surface area contributed by atoms with Crippen LogP contribution < -0.4 is 0 Å². The number of carbonyl (C=O) groups is 5. The van der Waals surface area contributed by atoms with Crippen molar-refractivity contribution in [3.63, 3.8) is 0 Å². The molecule has 0 radical (unpaired) electrons. The zero-order chi connectivity index (χ0) is 36.8. The molecule has 7 rings (SSSR count). The predicted octanol–water partition coefficient (Wildman–Crippen LogP) is 2.01. The molecule has 13 heteroatoms. The fourth-order valence-corrected chi connectivity index (χ4v) is 12.1. The van der Waals surface area contributed by atoms with Gasteiger partial charge in [0.15, 0.2) is 11.7 Å². The highest BCUT2D eigenvalue weighted by Crippen LogP contribution is 2.76. The molecule has 0 spiro atoms. The van der Waals surface area contributed by atoms with Crippen LogP contribution >= 0.6 is 0 Å². The number of rotatable bonds is 5. The lowest BCUT2D eigenvalue weighted by molar-refractivity contribution is -0.268. The number of aliphatic hydroxyl groups excluding tert-OH is 1. The number of carbonyl (C=O) groups excluding carboxylic acids is 5. The smallest absolute Gasteiger partial charge is 0.343 e. The van der Waals surface area contributed by atoms with E-state index < -0.39 is 123 Å². The molecule has 17 atom stereocenters. The monoisotopic (exact) mass is 702 g/mol. The molecule has 4 saturated carbocycles. The van der Waals surface area contributed by atoms with Gasteiger partial charge in [0.2, 0.25) is 5.78 Å². The van der Waals surface area contributed by atoms with Crippen molar-refractivity contribution < 1.29 is 63.0 Å². The first kappa shape index (κ1) is 35.5. The minimum absolute atomic E-state index is 0.0129. The average Bonchev–Trinajstić information content (AvgIpc) is 3.66. The summed E-state index contributed by atoms with van der Waals surface area (Å²) in [4.78, 5) is 67.2. The molecule has 0 aromatic heterocycles. The number of Topliss-reactive ketones (excluding diaryl/α,β-unsaturated/α-hetero) is 1. The summed E-state index contributed by atoms with van der Waals surface area (Å²) in [5.74, 6) is -7.70. The van der Waals surface area contributed by atoms with Gasteiger partial charge in [0, 0.05) is 55.3 Å². The van der Waals surface area contributed by atoms with Gasteiger partial charge >= 0.3 is 23.9 Å². The van der Waals surface area contributed by atoms with E-state index in [1.54, 1.807) is 19.9 Å². The quantitative estimate of drug-likeness (QED) is 0.214. The zero-order valence-electron chi connectivity index (χ0n) is 30.1. The minimum atomic E-state index is -2.17. The van der Waals surface area contributed by atoms with Gasteiger partial charge < -0.3 is 39.0 Å². The number of ether oxygens (including phenoxy) is 5. The number of ketones is 1. The van der Waals surface area contributed by atoms with E-state index in [4.69, 9.17) is 23.7 Å². The maximum absolute atomic E-state index is 14.9. The van der Waals surface area contributed by atoms with E-state index in [2.05, 4.69) is 0 Å². The standard InChI is InChI=1S/C37H50O13/c1-14(2)10-22(41)50-31-27-19(48-27)13-37(45)30(42)28(46-16(4)38)23-18(34(31,37)7)12-20(40)33(6)24-15(3)11-21-35(8,36(9,44)32(43)49-21)26(24)29(25(23)33)47-17(5)39/h11,14-15,18-20,23-29,31,40,44-45H,10,12-13H2,1-9H3/t15-,18+,19+,20+,23-,24+,25-,26+,27+,28-,29-,31+,33-,34+,35+,36-,37+/m1/s1. The van der Waals surface area contributed by atoms with Crippen LogP contribution in [0.25, 0.3) is 0 Å². The van der Waals surface area contributed by atoms with Crippen LogP contribution in [0.15, 0.2) is 11.8 Å². The van der Waals surface area contributed by atoms with Crippen molar-refractivity contribution in [2.24, 2.45) is 57.7 Å². The van der Waals surface area contributed by atoms with Crippen LogP contribution in [-0.2, 0) is 47.7 Å². The molecule has 50 heavy (non-hydrogen) atoms. The van der Waals surface area contributed by atoms with Crippen molar-refractivity contribution in [1.29, 1.82) is 0 Å². The Balaban J connectivity index is 1.45. The van der Waals surface area contributed by atoms with E-state index in [0.717, 1.165) is 0 Å². The Labute approximate surface area is 291 Å². The molecule has 6 fully saturated rings. The average molecular weight is 703 g/mol. The molecular formula is C37H50O13. The minimum Gasteiger partial charge on any atom is -0.462 e. The van der Waals surface area contributed by atoms with Gasteiger partial charge in [-0.15, -0.1) is 0 Å². The van der Waals surface area contributed by atoms with Gasteiger partial charge in [-0.05, 0) is 50.0 Å². The van der Waals surface area contributed by atoms with Crippen LogP contribution in [0, 0.1) is 57.7 Å². The molecule has 2 heterocycles. The van der Waals surface area contributed by atoms with Crippen molar-refractivity contribution in [2.75, 3.05) is 0 Å². The normalized spacial score (nSPS) is 52.6. The second-order valence-corrected chi connectivity index (χ2v) is 17.4. The van der Waals surface area contributed by atoms with Crippen LogP contribution in [0.5, 0.6) is 0 Å². The summed E-state index contributed by atoms with van der Waals surface area (Å²) < 4.78 is 29.9. The van der Waals surface area contributed by atoms with Crippen molar-refractivity contribution in [2.45, 2.75) is 129 Å². The van der Waals surface area contributed by atoms with E-state index in [9.17, 15) is 39.3 Å². The van der Waals surface area contributed by atoms with Gasteiger partial charge in [0.1, 0.15) is 29.7 Å². The van der Waals surface area contributed by atoms with Crippen molar-refractivity contribution in [3.8, 4) is 0 Å². The molecule has 0 amide bonds. The second kappa shape index (κ2) is 10.8. The number of epoxide rings is 1. The van der Waals surface area contributed by atoms with Crippen LogP contribution in [0.3, 0.4) is 0 Å². The molecule has 5 aliphatic carbocycles. The summed E-state index contributed by atoms with van der Waals surface area (Å²) in [7, 11) is 0. The molecule has 276 valence electrons. The molecule has 7 aliphatic rings. The van der Waals surface area contributed by atoms with Gasteiger partial charge in [-0.3, -0.25) is 19.2 Å². The van der Waals surface area contributed by atoms with Crippen LogP contribution in [0.4, 0.5) is 0 Å². The third kappa shape index (κ3) is 4.23. The SMILES string of the molecule is CC(=O)O[C@@H]1[C@H]2[C@@H]3[C@@H](OC(C)=O)C(=O)[C@@]4(O)C[C@@H]5O[C@@H]5[C@H](OC(=O)CC(C)C)[C@]4(C)[C@H]3C[C@H](O)[C@]2(C)[C@@H]2[C@@H]1[C@]1(C)C(=C[C@H]2C)OC(=O)[C@@]1(C)O. The topological polar surface area (TPSA) is 195 Å². The molecule has 3 N–H and O–H groups in total. The van der Waals surface area contributed by atoms with Gasteiger partial charge in [-0.1, -0.05) is 34.6 Å². The maximum Gasteiger partial charge on any atom is 0.343 e. The Bertz CT molecular complexity index is 1580. The summed E-state index contributed by atoms with van der Waals surface area (Å²) in [5.41, 5.74) is -8.29. The van der Waals surface area contributed by atoms with E-state index in [1.807, 2.05) is 27.7 Å². The maximum atomic E-state index is 14.9. The number of hydrogen-bond donors (Lipinski definition) is 3. The Morgan fingerprint density at radius 2 is 1.62 bits per heavy atom. The van der Waals surface area contributed by atoms with Crippen molar-refractivity contribution in [3.05, 3.63) is 11.8 Å². The van der Waals surface area contributed by atoms with Crippen molar-refractivity contribution >= 4 is 29.7 Å². The summed E-state index contributed by atoms with van der Waals surface area (Å²) in [6.45, 7) is 14.7. The number of fused-ring (bicyclic) bond motifs is 10. The molecule has 2 aliphatic heterocycles. The molecule has 0 unspecified atom stereocenters. The Morgan fingerprint density at radius 1 is 0.980 bits per heavy atom. The lowest BCUT2D eigenvalue weighted by Crippen LogP contribution is -2.77. The number of esters is 4. The first-order valence-electron chi connectivity index (χ1n) is 17.9. The summed E-state index contributed by atoms with van der Waals surface area (Å²) in [5, 5.41) is 37.0. The van der Waals surface area contributed by atoms with Crippen LogP contribution in [-0.4, -0.2) is 92.8 Å². The summed E-state index contributed by atoms with van der Waals surface area (Å²) >= 11 is 0. The summed E-state index contributed by atoms with van der Waals surface area (Å²) in [6, 6.07) is 0. The van der Waals surface area contributed by atoms with Gasteiger partial charge in [-0.2, -0.15) is 0 Å². The van der Waals surface area contributed by atoms with Gasteiger partial charge in [-0.25, -0.2) is 4.79 Å². The Morgan fingerprint density at radius 3 is 2.22 bits per heavy atom. The Hall–Kier alpha value is -2.87. The lowest BCUT2D eigenvalue weighted by atomic mass is 9.40. The van der Waals surface area contributed by atoms with Gasteiger partial charge in [0.25, 0.3) is 0 Å². The largest absolute Gasteiger partial charge is 0.462 e. The third-order valence-electron chi connectivity index (χ3n) is 14.5. The zero-order valence-corrected chi connectivity index (χ0v) is 30.1. The molecule has 0 bridgehead atoms. The fraction of sp³-hybridized carbons (Fsp3) is 0.811. The number of aliphatic hydroxyl groups is 3.